The van der Waals surface area contributed by atoms with Crippen LogP contribution in [0.4, 0.5) is 13.9 Å². The number of nitrogens with zero attached hydrogens (tertiary/aromatic N) is 1. The highest BCUT2D eigenvalue weighted by molar-refractivity contribution is 7.15. The van der Waals surface area contributed by atoms with Crippen LogP contribution in [-0.2, 0) is 13.0 Å². The Balaban J connectivity index is 1.83. The lowest BCUT2D eigenvalue weighted by atomic mass is 10.2. The zero-order valence-corrected chi connectivity index (χ0v) is 12.2. The third-order valence-corrected chi connectivity index (χ3v) is 4.38. The van der Waals surface area contributed by atoms with E-state index in [1.165, 1.54) is 11.3 Å². The van der Waals surface area contributed by atoms with Crippen LogP contribution in [0.3, 0.4) is 0 Å². The number of rotatable bonds is 2. The van der Waals surface area contributed by atoms with Gasteiger partial charge in [-0.15, -0.1) is 11.3 Å². The van der Waals surface area contributed by atoms with E-state index in [-0.39, 0.29) is 5.02 Å². The molecule has 0 bridgehead atoms. The molecule has 1 aliphatic heterocycles. The van der Waals surface area contributed by atoms with Crippen molar-refractivity contribution in [3.8, 4) is 0 Å². The number of benzene rings is 1. The van der Waals surface area contributed by atoms with Gasteiger partial charge in [-0.2, -0.15) is 0 Å². The molecule has 1 aromatic heterocycles. The zero-order valence-electron chi connectivity index (χ0n) is 10.7. The number of aromatic nitrogens is 1. The molecule has 1 aromatic carbocycles. The fraction of sp³-hybridized carbons (Fsp3) is 0.231. The van der Waals surface area contributed by atoms with Gasteiger partial charge in [-0.1, -0.05) is 11.6 Å². The van der Waals surface area contributed by atoms with Crippen LogP contribution in [0.2, 0.25) is 5.02 Å². The van der Waals surface area contributed by atoms with Crippen LogP contribution in [0.5, 0.6) is 0 Å². The smallest absolute Gasteiger partial charge is 0.260 e. The molecule has 110 valence electrons. The quantitative estimate of drug-likeness (QED) is 0.833. The average molecular weight is 330 g/mol. The zero-order chi connectivity index (χ0) is 15.0. The minimum absolute atomic E-state index is 0.361. The molecular formula is C13H10ClF2N3OS. The van der Waals surface area contributed by atoms with Crippen LogP contribution in [0, 0.1) is 11.6 Å². The maximum atomic E-state index is 13.7. The van der Waals surface area contributed by atoms with Gasteiger partial charge in [0.05, 0.1) is 16.3 Å². The Hall–Kier alpha value is -1.57. The summed E-state index contributed by atoms with van der Waals surface area (Å²) in [6, 6.07) is 1.56. The lowest BCUT2D eigenvalue weighted by Gasteiger charge is -2.09. The van der Waals surface area contributed by atoms with Crippen molar-refractivity contribution in [1.82, 2.24) is 10.3 Å². The Labute approximate surface area is 128 Å². The Morgan fingerprint density at radius 3 is 2.95 bits per heavy atom. The number of fused-ring (bicyclic) bond motifs is 1. The van der Waals surface area contributed by atoms with Gasteiger partial charge in [0.25, 0.3) is 5.91 Å². The topological polar surface area (TPSA) is 54.0 Å². The molecule has 3 rings (SSSR count). The van der Waals surface area contributed by atoms with Gasteiger partial charge >= 0.3 is 0 Å². The third kappa shape index (κ3) is 2.90. The maximum Gasteiger partial charge on any atom is 0.260 e. The van der Waals surface area contributed by atoms with Crippen molar-refractivity contribution in [2.45, 2.75) is 13.0 Å². The van der Waals surface area contributed by atoms with Gasteiger partial charge in [0.2, 0.25) is 0 Å². The second kappa shape index (κ2) is 5.67. The van der Waals surface area contributed by atoms with Gasteiger partial charge in [-0.3, -0.25) is 10.1 Å². The number of nitrogens with one attached hydrogen (secondary N) is 2. The number of anilines is 1. The first-order valence-corrected chi connectivity index (χ1v) is 7.39. The van der Waals surface area contributed by atoms with E-state index in [4.69, 9.17) is 11.6 Å². The number of hydrogen-bond donors (Lipinski definition) is 2. The highest BCUT2D eigenvalue weighted by Gasteiger charge is 2.19. The molecule has 2 aromatic rings. The van der Waals surface area contributed by atoms with E-state index in [9.17, 15) is 13.6 Å². The highest BCUT2D eigenvalue weighted by Crippen LogP contribution is 2.26. The van der Waals surface area contributed by atoms with Gasteiger partial charge < -0.3 is 5.32 Å². The first-order chi connectivity index (χ1) is 10.0. The number of carbonyl (C=O) groups excluding carboxylic acids is 1. The van der Waals surface area contributed by atoms with E-state index >= 15 is 0 Å². The Bertz CT molecular complexity index is 696. The van der Waals surface area contributed by atoms with E-state index in [1.807, 2.05) is 0 Å². The molecule has 0 atom stereocenters. The van der Waals surface area contributed by atoms with Crippen LogP contribution < -0.4 is 10.6 Å². The largest absolute Gasteiger partial charge is 0.311 e. The van der Waals surface area contributed by atoms with Crippen LogP contribution in [-0.4, -0.2) is 17.4 Å². The summed E-state index contributed by atoms with van der Waals surface area (Å²) in [5, 5.41) is 5.71. The van der Waals surface area contributed by atoms with Crippen LogP contribution >= 0.6 is 22.9 Å². The van der Waals surface area contributed by atoms with E-state index in [1.54, 1.807) is 0 Å². The normalized spacial score (nSPS) is 13.9. The maximum absolute atomic E-state index is 13.7. The van der Waals surface area contributed by atoms with Crippen molar-refractivity contribution in [1.29, 1.82) is 0 Å². The third-order valence-electron chi connectivity index (χ3n) is 3.08. The molecule has 0 spiro atoms. The summed E-state index contributed by atoms with van der Waals surface area (Å²) >= 11 is 6.78. The van der Waals surface area contributed by atoms with Gasteiger partial charge in [0.1, 0.15) is 11.6 Å². The number of amides is 1. The molecule has 8 heteroatoms. The molecule has 0 saturated heterocycles. The summed E-state index contributed by atoms with van der Waals surface area (Å²) in [5.74, 6) is -2.46. The SMILES string of the molecule is O=C(Nc1nc2c(s1)CNCC2)c1cc(F)c(Cl)cc1F. The van der Waals surface area contributed by atoms with Gasteiger partial charge in [-0.05, 0) is 12.1 Å². The summed E-state index contributed by atoms with van der Waals surface area (Å²) in [6.45, 7) is 1.54. The molecule has 0 radical (unpaired) electrons. The molecule has 1 aliphatic rings. The first-order valence-electron chi connectivity index (χ1n) is 6.20. The van der Waals surface area contributed by atoms with Crippen molar-refractivity contribution in [3.63, 3.8) is 0 Å². The van der Waals surface area contributed by atoms with Crippen molar-refractivity contribution in [2.75, 3.05) is 11.9 Å². The van der Waals surface area contributed by atoms with Crippen molar-refractivity contribution in [2.24, 2.45) is 0 Å². The van der Waals surface area contributed by atoms with E-state index in [0.29, 0.717) is 11.7 Å². The summed E-state index contributed by atoms with van der Waals surface area (Å²) in [6.07, 6.45) is 0.783. The standard InChI is InChI=1S/C13H10ClF2N3OS/c14-7-4-8(15)6(3-9(7)16)12(20)19-13-18-10-1-2-17-5-11(10)21-13/h3-4,17H,1-2,5H2,(H,18,19,20). The van der Waals surface area contributed by atoms with Gasteiger partial charge in [0.15, 0.2) is 5.13 Å². The molecule has 2 N–H and O–H groups in total. The number of thiazole rings is 1. The summed E-state index contributed by atoms with van der Waals surface area (Å²) < 4.78 is 27.0. The van der Waals surface area contributed by atoms with Crippen LogP contribution in [0.25, 0.3) is 0 Å². The second-order valence-corrected chi connectivity index (χ2v) is 6.01. The summed E-state index contributed by atoms with van der Waals surface area (Å²) in [4.78, 5) is 17.3. The van der Waals surface area contributed by atoms with E-state index in [2.05, 4.69) is 15.6 Å². The van der Waals surface area contributed by atoms with E-state index < -0.39 is 23.1 Å². The molecule has 2 heterocycles. The molecule has 1 amide bonds. The van der Waals surface area contributed by atoms with Crippen LogP contribution in [0.1, 0.15) is 20.9 Å². The summed E-state index contributed by atoms with van der Waals surface area (Å²) in [5.41, 5.74) is 0.528. The molecule has 0 unspecified atom stereocenters. The monoisotopic (exact) mass is 329 g/mol. The molecule has 0 saturated carbocycles. The number of halogens is 3. The summed E-state index contributed by atoms with van der Waals surface area (Å²) in [7, 11) is 0. The minimum atomic E-state index is -0.873. The van der Waals surface area contributed by atoms with Crippen molar-refractivity contribution >= 4 is 34.0 Å². The average Bonchev–Trinajstić information content (AvgIpc) is 2.84. The van der Waals surface area contributed by atoms with Crippen LogP contribution in [0.15, 0.2) is 12.1 Å². The predicted molar refractivity (Wildman–Crippen MR) is 76.8 cm³/mol. The fourth-order valence-electron chi connectivity index (χ4n) is 2.04. The van der Waals surface area contributed by atoms with Crippen molar-refractivity contribution < 1.29 is 13.6 Å². The molecule has 21 heavy (non-hydrogen) atoms. The lowest BCUT2D eigenvalue weighted by molar-refractivity contribution is 0.102. The number of carbonyl (C=O) groups is 1. The highest BCUT2D eigenvalue weighted by atomic mass is 35.5. The molecule has 0 aliphatic carbocycles. The predicted octanol–water partition coefficient (Wildman–Crippen LogP) is 2.97. The Kier molecular flexibility index (Phi) is 3.88. The van der Waals surface area contributed by atoms with Crippen molar-refractivity contribution in [3.05, 3.63) is 44.9 Å². The Morgan fingerprint density at radius 1 is 1.38 bits per heavy atom. The first kappa shape index (κ1) is 14.4. The second-order valence-electron chi connectivity index (χ2n) is 4.52. The molecule has 4 nitrogen and oxygen atoms in total. The minimum Gasteiger partial charge on any atom is -0.311 e. The lowest BCUT2D eigenvalue weighted by Crippen LogP contribution is -2.22. The molecular weight excluding hydrogens is 320 g/mol. The van der Waals surface area contributed by atoms with E-state index in [0.717, 1.165) is 35.7 Å². The van der Waals surface area contributed by atoms with Gasteiger partial charge in [0, 0.05) is 24.4 Å². The number of hydrogen-bond acceptors (Lipinski definition) is 4. The van der Waals surface area contributed by atoms with Gasteiger partial charge in [-0.25, -0.2) is 13.8 Å². The molecule has 0 fully saturated rings. The fourth-order valence-corrected chi connectivity index (χ4v) is 3.16. The Morgan fingerprint density at radius 2 is 2.19 bits per heavy atom.